The Morgan fingerprint density at radius 2 is 2.00 bits per heavy atom. The number of carboxylic acids is 1. The lowest BCUT2D eigenvalue weighted by Crippen LogP contribution is -2.37. The molecule has 1 atom stereocenters. The molecule has 0 spiro atoms. The topological polar surface area (TPSA) is 67.8 Å². The summed E-state index contributed by atoms with van der Waals surface area (Å²) in [6.07, 6.45) is 0.536. The number of carbonyl (C=O) groups is 1. The summed E-state index contributed by atoms with van der Waals surface area (Å²) in [5.74, 6) is 0.00633. The first kappa shape index (κ1) is 24.4. The second kappa shape index (κ2) is 11.5. The lowest BCUT2D eigenvalue weighted by Gasteiger charge is -2.19. The Kier molecular flexibility index (Phi) is 9.39. The molecule has 2 rings (SSSR count). The molecule has 0 radical (unpaired) electrons. The van der Waals surface area contributed by atoms with Crippen molar-refractivity contribution in [1.82, 2.24) is 5.32 Å². The van der Waals surface area contributed by atoms with Gasteiger partial charge in [0.25, 0.3) is 0 Å². The second-order valence-electron chi connectivity index (χ2n) is 7.26. The van der Waals surface area contributed by atoms with Crippen molar-refractivity contribution >= 4 is 33.5 Å². The minimum atomic E-state index is -0.871. The van der Waals surface area contributed by atoms with E-state index in [-0.39, 0.29) is 17.5 Å². The van der Waals surface area contributed by atoms with Crippen molar-refractivity contribution in [2.45, 2.75) is 46.4 Å². The Balaban J connectivity index is 2.17. The molecular formula is C22H26BrClFNO4. The Morgan fingerprint density at radius 1 is 1.27 bits per heavy atom. The first-order chi connectivity index (χ1) is 14.2. The third kappa shape index (κ3) is 7.15. The van der Waals surface area contributed by atoms with Crippen LogP contribution in [0.25, 0.3) is 0 Å². The van der Waals surface area contributed by atoms with Crippen LogP contribution in [-0.4, -0.2) is 23.7 Å². The number of benzene rings is 2. The number of aliphatic carboxylic acids is 1. The summed E-state index contributed by atoms with van der Waals surface area (Å²) in [7, 11) is 0. The molecule has 2 aromatic rings. The minimum Gasteiger partial charge on any atom is -0.490 e. The molecule has 1 unspecified atom stereocenters. The van der Waals surface area contributed by atoms with Gasteiger partial charge in [0.05, 0.1) is 16.1 Å². The van der Waals surface area contributed by atoms with E-state index in [4.69, 9.17) is 21.1 Å². The predicted molar refractivity (Wildman–Crippen MR) is 119 cm³/mol. The molecule has 2 aromatic carbocycles. The zero-order valence-electron chi connectivity index (χ0n) is 17.2. The SMILES string of the molecule is CCOc1cc(CNC(CC(C)C)C(=O)O)cc(Br)c1OCc1ccc(F)cc1Cl. The summed E-state index contributed by atoms with van der Waals surface area (Å²) < 4.78 is 25.5. The molecule has 0 aliphatic heterocycles. The maximum Gasteiger partial charge on any atom is 0.320 e. The van der Waals surface area contributed by atoms with Gasteiger partial charge in [0.1, 0.15) is 18.5 Å². The van der Waals surface area contributed by atoms with E-state index in [1.807, 2.05) is 32.9 Å². The number of ether oxygens (including phenoxy) is 2. The molecule has 0 bridgehead atoms. The molecule has 0 saturated heterocycles. The van der Waals surface area contributed by atoms with E-state index in [1.165, 1.54) is 12.1 Å². The molecule has 0 aromatic heterocycles. The fraction of sp³-hybridized carbons (Fsp3) is 0.409. The van der Waals surface area contributed by atoms with Crippen molar-refractivity contribution < 1.29 is 23.8 Å². The highest BCUT2D eigenvalue weighted by Crippen LogP contribution is 2.38. The Hall–Kier alpha value is -1.83. The van der Waals surface area contributed by atoms with Gasteiger partial charge in [-0.05, 0) is 65.0 Å². The normalized spacial score (nSPS) is 12.1. The highest BCUT2D eigenvalue weighted by Gasteiger charge is 2.19. The van der Waals surface area contributed by atoms with E-state index < -0.39 is 17.8 Å². The van der Waals surface area contributed by atoms with Crippen molar-refractivity contribution in [3.63, 3.8) is 0 Å². The van der Waals surface area contributed by atoms with Crippen molar-refractivity contribution in [3.8, 4) is 11.5 Å². The van der Waals surface area contributed by atoms with Gasteiger partial charge >= 0.3 is 5.97 Å². The van der Waals surface area contributed by atoms with Gasteiger partial charge in [-0.2, -0.15) is 0 Å². The summed E-state index contributed by atoms with van der Waals surface area (Å²) in [5, 5.41) is 12.8. The first-order valence-corrected chi connectivity index (χ1v) is 10.9. The quantitative estimate of drug-likeness (QED) is 0.406. The standard InChI is InChI=1S/C22H26BrClFNO4/c1-4-29-20-9-14(11-26-19(22(27)28)7-13(2)3)8-17(23)21(20)30-12-15-5-6-16(25)10-18(15)24/h5-6,8-10,13,19,26H,4,7,11-12H2,1-3H3,(H,27,28). The lowest BCUT2D eigenvalue weighted by atomic mass is 10.0. The summed E-state index contributed by atoms with van der Waals surface area (Å²) in [4.78, 5) is 11.5. The molecular weight excluding hydrogens is 477 g/mol. The van der Waals surface area contributed by atoms with E-state index in [9.17, 15) is 14.3 Å². The smallest absolute Gasteiger partial charge is 0.320 e. The highest BCUT2D eigenvalue weighted by molar-refractivity contribution is 9.10. The molecule has 164 valence electrons. The average Bonchev–Trinajstić information content (AvgIpc) is 2.65. The van der Waals surface area contributed by atoms with Crippen LogP contribution in [0.2, 0.25) is 5.02 Å². The number of nitrogens with one attached hydrogen (secondary N) is 1. The molecule has 8 heteroatoms. The Labute approximate surface area is 189 Å². The molecule has 0 heterocycles. The monoisotopic (exact) mass is 501 g/mol. The number of hydrogen-bond donors (Lipinski definition) is 2. The number of rotatable bonds is 11. The zero-order chi connectivity index (χ0) is 22.3. The third-order valence-corrected chi connectivity index (χ3v) is 5.25. The molecule has 0 fully saturated rings. The second-order valence-corrected chi connectivity index (χ2v) is 8.53. The van der Waals surface area contributed by atoms with E-state index in [1.54, 1.807) is 6.07 Å². The maximum absolute atomic E-state index is 13.2. The molecule has 0 saturated carbocycles. The van der Waals surface area contributed by atoms with Gasteiger partial charge < -0.3 is 19.9 Å². The first-order valence-electron chi connectivity index (χ1n) is 9.69. The van der Waals surface area contributed by atoms with E-state index >= 15 is 0 Å². The summed E-state index contributed by atoms with van der Waals surface area (Å²) >= 11 is 9.58. The van der Waals surface area contributed by atoms with Crippen molar-refractivity contribution in [1.29, 1.82) is 0 Å². The summed E-state index contributed by atoms with van der Waals surface area (Å²) in [5.41, 5.74) is 1.50. The van der Waals surface area contributed by atoms with Crippen molar-refractivity contribution in [2.75, 3.05) is 6.61 Å². The molecule has 0 aliphatic carbocycles. The van der Waals surface area contributed by atoms with Crippen LogP contribution >= 0.6 is 27.5 Å². The molecule has 5 nitrogen and oxygen atoms in total. The summed E-state index contributed by atoms with van der Waals surface area (Å²) in [6.45, 7) is 6.78. The number of hydrogen-bond acceptors (Lipinski definition) is 4. The van der Waals surface area contributed by atoms with Crippen LogP contribution in [0.1, 0.15) is 38.3 Å². The van der Waals surface area contributed by atoms with Crippen LogP contribution in [0.4, 0.5) is 4.39 Å². The minimum absolute atomic E-state index is 0.144. The predicted octanol–water partition coefficient (Wildman–Crippen LogP) is 5.81. The van der Waals surface area contributed by atoms with Crippen LogP contribution in [0, 0.1) is 11.7 Å². The van der Waals surface area contributed by atoms with Gasteiger partial charge in [-0.25, -0.2) is 4.39 Å². The van der Waals surface area contributed by atoms with Gasteiger partial charge in [0.2, 0.25) is 0 Å². The van der Waals surface area contributed by atoms with Crippen LogP contribution < -0.4 is 14.8 Å². The van der Waals surface area contributed by atoms with Crippen LogP contribution in [0.3, 0.4) is 0 Å². The van der Waals surface area contributed by atoms with Gasteiger partial charge in [0.15, 0.2) is 11.5 Å². The third-order valence-electron chi connectivity index (χ3n) is 4.31. The number of halogens is 3. The highest BCUT2D eigenvalue weighted by atomic mass is 79.9. The van der Waals surface area contributed by atoms with Crippen molar-refractivity contribution in [2.24, 2.45) is 5.92 Å². The lowest BCUT2D eigenvalue weighted by molar-refractivity contribution is -0.140. The molecule has 0 amide bonds. The van der Waals surface area contributed by atoms with E-state index in [0.29, 0.717) is 41.1 Å². The fourth-order valence-electron chi connectivity index (χ4n) is 2.90. The van der Waals surface area contributed by atoms with Crippen molar-refractivity contribution in [3.05, 3.63) is 56.8 Å². The van der Waals surface area contributed by atoms with Crippen LogP contribution in [0.15, 0.2) is 34.8 Å². The van der Waals surface area contributed by atoms with Crippen LogP contribution in [-0.2, 0) is 17.9 Å². The fourth-order valence-corrected chi connectivity index (χ4v) is 3.72. The van der Waals surface area contributed by atoms with Gasteiger partial charge in [0, 0.05) is 12.1 Å². The largest absolute Gasteiger partial charge is 0.490 e. The Bertz CT molecular complexity index is 878. The van der Waals surface area contributed by atoms with E-state index in [2.05, 4.69) is 21.2 Å². The Morgan fingerprint density at radius 3 is 2.60 bits per heavy atom. The van der Waals surface area contributed by atoms with Gasteiger partial charge in [-0.15, -0.1) is 0 Å². The molecule has 30 heavy (non-hydrogen) atoms. The van der Waals surface area contributed by atoms with Gasteiger partial charge in [-0.1, -0.05) is 31.5 Å². The molecule has 2 N–H and O–H groups in total. The van der Waals surface area contributed by atoms with E-state index in [0.717, 1.165) is 5.56 Å². The van der Waals surface area contributed by atoms with Crippen LogP contribution in [0.5, 0.6) is 11.5 Å². The average molecular weight is 503 g/mol. The number of carboxylic acid groups (broad SMARTS) is 1. The zero-order valence-corrected chi connectivity index (χ0v) is 19.5. The summed E-state index contributed by atoms with van der Waals surface area (Å²) in [6, 6.07) is 7.18. The van der Waals surface area contributed by atoms with Gasteiger partial charge in [-0.3, -0.25) is 4.79 Å². The maximum atomic E-state index is 13.2. The molecule has 0 aliphatic rings.